The number of rotatable bonds is 7. The second-order valence-electron chi connectivity index (χ2n) is 6.01. The largest absolute Gasteiger partial charge is 0.454 e. The number of benzene rings is 2. The highest BCUT2D eigenvalue weighted by Crippen LogP contribution is 2.28. The Balaban J connectivity index is 1.47. The van der Waals surface area contributed by atoms with E-state index in [1.54, 1.807) is 24.4 Å². The summed E-state index contributed by atoms with van der Waals surface area (Å²) in [5, 5.41) is 11.3. The average Bonchev–Trinajstić information content (AvgIpc) is 3.28. The zero-order valence-corrected chi connectivity index (χ0v) is 14.3. The lowest BCUT2D eigenvalue weighted by Gasteiger charge is -2.11. The van der Waals surface area contributed by atoms with E-state index in [1.165, 1.54) is 6.07 Å². The average molecular weight is 369 g/mol. The number of nitrogens with one attached hydrogen (secondary N) is 2. The summed E-state index contributed by atoms with van der Waals surface area (Å²) in [5.74, 6) is 0.872. The van der Waals surface area contributed by atoms with Gasteiger partial charge in [0.05, 0.1) is 6.20 Å². The van der Waals surface area contributed by atoms with Crippen LogP contribution in [0.25, 0.3) is 22.4 Å². The molecule has 0 aliphatic rings. The molecule has 0 unspecified atom stereocenters. The van der Waals surface area contributed by atoms with Crippen LogP contribution in [0.15, 0.2) is 65.2 Å². The predicted molar refractivity (Wildman–Crippen MR) is 97.4 cm³/mol. The van der Waals surface area contributed by atoms with Gasteiger partial charge in [0.2, 0.25) is 0 Å². The molecular weight excluding hydrogens is 352 g/mol. The van der Waals surface area contributed by atoms with Crippen molar-refractivity contribution < 1.29 is 17.9 Å². The molecule has 0 aliphatic carbocycles. The van der Waals surface area contributed by atoms with Gasteiger partial charge in [0, 0.05) is 29.6 Å². The smallest absolute Gasteiger partial charge is 0.387 e. The van der Waals surface area contributed by atoms with E-state index in [0.29, 0.717) is 24.4 Å². The van der Waals surface area contributed by atoms with Crippen LogP contribution in [0.5, 0.6) is 5.75 Å². The van der Waals surface area contributed by atoms with Gasteiger partial charge >= 0.3 is 6.61 Å². The van der Waals surface area contributed by atoms with Crippen molar-refractivity contribution in [3.05, 3.63) is 71.9 Å². The first kappa shape index (κ1) is 17.2. The lowest BCUT2D eigenvalue weighted by Crippen LogP contribution is -2.14. The number of hydrogen-bond acceptors (Lipinski definition) is 4. The third-order valence-electron chi connectivity index (χ3n) is 4.21. The van der Waals surface area contributed by atoms with Crippen LogP contribution in [0.2, 0.25) is 0 Å². The fourth-order valence-electron chi connectivity index (χ4n) is 2.96. The van der Waals surface area contributed by atoms with E-state index < -0.39 is 6.61 Å². The first-order valence-electron chi connectivity index (χ1n) is 8.45. The number of furan rings is 1. The molecule has 7 heteroatoms. The number of fused-ring (bicyclic) bond motifs is 1. The normalized spacial score (nSPS) is 11.4. The molecule has 0 bridgehead atoms. The lowest BCUT2D eigenvalue weighted by atomic mass is 10.1. The van der Waals surface area contributed by atoms with Gasteiger partial charge < -0.3 is 14.5 Å². The number of aromatic amines is 1. The second-order valence-corrected chi connectivity index (χ2v) is 6.01. The van der Waals surface area contributed by atoms with Crippen LogP contribution in [0, 0.1) is 0 Å². The van der Waals surface area contributed by atoms with Crippen molar-refractivity contribution in [3.63, 3.8) is 0 Å². The van der Waals surface area contributed by atoms with Gasteiger partial charge in [-0.15, -0.1) is 0 Å². The van der Waals surface area contributed by atoms with Crippen molar-refractivity contribution in [1.29, 1.82) is 0 Å². The Morgan fingerprint density at radius 3 is 2.67 bits per heavy atom. The predicted octanol–water partition coefficient (Wildman–Crippen LogP) is 4.71. The lowest BCUT2D eigenvalue weighted by molar-refractivity contribution is -0.0505. The van der Waals surface area contributed by atoms with Crippen molar-refractivity contribution in [2.75, 3.05) is 0 Å². The maximum atomic E-state index is 12.5. The first-order valence-corrected chi connectivity index (χ1v) is 8.45. The molecule has 0 saturated heterocycles. The number of aromatic nitrogens is 2. The summed E-state index contributed by atoms with van der Waals surface area (Å²) in [6.07, 6.45) is 1.72. The monoisotopic (exact) mass is 369 g/mol. The number of halogens is 2. The molecular formula is C20H17F2N3O2. The zero-order valence-electron chi connectivity index (χ0n) is 14.3. The van der Waals surface area contributed by atoms with Crippen LogP contribution in [0.3, 0.4) is 0 Å². The number of alkyl halides is 2. The third kappa shape index (κ3) is 3.83. The Bertz CT molecular complexity index is 1010. The Hall–Kier alpha value is -3.19. The van der Waals surface area contributed by atoms with E-state index in [9.17, 15) is 8.78 Å². The molecule has 2 aromatic heterocycles. The van der Waals surface area contributed by atoms with Gasteiger partial charge in [-0.2, -0.15) is 13.9 Å². The van der Waals surface area contributed by atoms with Crippen LogP contribution in [0.1, 0.15) is 11.1 Å². The van der Waals surface area contributed by atoms with Crippen molar-refractivity contribution in [1.82, 2.24) is 15.5 Å². The SMILES string of the molecule is FC(F)Oc1ccccc1CNCc1cn[nH]c1-c1cc2ccccc2o1. The summed E-state index contributed by atoms with van der Waals surface area (Å²) in [4.78, 5) is 0. The summed E-state index contributed by atoms with van der Waals surface area (Å²) in [6.45, 7) is -1.97. The number of hydrogen-bond donors (Lipinski definition) is 2. The Labute approximate surface area is 154 Å². The molecule has 4 aromatic rings. The van der Waals surface area contributed by atoms with Gasteiger partial charge in [0.15, 0.2) is 5.76 Å². The molecule has 2 aromatic carbocycles. The van der Waals surface area contributed by atoms with Gasteiger partial charge in [0.1, 0.15) is 17.0 Å². The molecule has 0 fully saturated rings. The maximum absolute atomic E-state index is 12.5. The molecule has 0 aliphatic heterocycles. The Kier molecular flexibility index (Phi) is 4.84. The molecule has 2 N–H and O–H groups in total. The van der Waals surface area contributed by atoms with Crippen molar-refractivity contribution in [2.24, 2.45) is 0 Å². The molecule has 0 spiro atoms. The quantitative estimate of drug-likeness (QED) is 0.495. The van der Waals surface area contributed by atoms with E-state index in [0.717, 1.165) is 22.2 Å². The molecule has 0 radical (unpaired) electrons. The number of ether oxygens (including phenoxy) is 1. The summed E-state index contributed by atoms with van der Waals surface area (Å²) in [6, 6.07) is 16.5. The molecule has 4 rings (SSSR count). The van der Waals surface area contributed by atoms with Crippen molar-refractivity contribution >= 4 is 11.0 Å². The van der Waals surface area contributed by atoms with Crippen LogP contribution >= 0.6 is 0 Å². The molecule has 27 heavy (non-hydrogen) atoms. The van der Waals surface area contributed by atoms with Crippen molar-refractivity contribution in [2.45, 2.75) is 19.7 Å². The number of nitrogens with zero attached hydrogens (tertiary/aromatic N) is 1. The van der Waals surface area contributed by atoms with Crippen LogP contribution < -0.4 is 10.1 Å². The molecule has 5 nitrogen and oxygen atoms in total. The van der Waals surface area contributed by atoms with Crippen LogP contribution in [-0.2, 0) is 13.1 Å². The van der Waals surface area contributed by atoms with Gasteiger partial charge in [-0.05, 0) is 18.2 Å². The Morgan fingerprint density at radius 1 is 1.04 bits per heavy atom. The first-order chi connectivity index (χ1) is 13.2. The summed E-state index contributed by atoms with van der Waals surface area (Å²) >= 11 is 0. The highest BCUT2D eigenvalue weighted by atomic mass is 19.3. The molecule has 2 heterocycles. The standard InChI is InChI=1S/C20H17F2N3O2/c21-20(22)27-17-8-4-2-6-14(17)10-23-11-15-12-24-25-19(15)18-9-13-5-1-3-7-16(13)26-18/h1-9,12,20,23H,10-11H2,(H,24,25). The van der Waals surface area contributed by atoms with E-state index in [4.69, 9.17) is 4.42 Å². The van der Waals surface area contributed by atoms with E-state index >= 15 is 0 Å². The van der Waals surface area contributed by atoms with E-state index in [1.807, 2.05) is 30.3 Å². The number of para-hydroxylation sites is 2. The molecule has 138 valence electrons. The minimum atomic E-state index is -2.85. The molecule has 0 saturated carbocycles. The summed E-state index contributed by atoms with van der Waals surface area (Å²) in [5.41, 5.74) is 3.17. The summed E-state index contributed by atoms with van der Waals surface area (Å²) in [7, 11) is 0. The van der Waals surface area contributed by atoms with Crippen molar-refractivity contribution in [3.8, 4) is 17.2 Å². The topological polar surface area (TPSA) is 63.1 Å². The van der Waals surface area contributed by atoms with E-state index in [2.05, 4.69) is 20.3 Å². The Morgan fingerprint density at radius 2 is 1.81 bits per heavy atom. The van der Waals surface area contributed by atoms with Crippen LogP contribution in [0.4, 0.5) is 8.78 Å². The minimum absolute atomic E-state index is 0.171. The van der Waals surface area contributed by atoms with Gasteiger partial charge in [-0.1, -0.05) is 36.4 Å². The number of H-pyrrole nitrogens is 1. The van der Waals surface area contributed by atoms with E-state index in [-0.39, 0.29) is 5.75 Å². The van der Waals surface area contributed by atoms with Gasteiger partial charge in [-0.25, -0.2) is 0 Å². The second kappa shape index (κ2) is 7.59. The molecule has 0 amide bonds. The fourth-order valence-corrected chi connectivity index (χ4v) is 2.96. The molecule has 0 atom stereocenters. The third-order valence-corrected chi connectivity index (χ3v) is 4.21. The highest BCUT2D eigenvalue weighted by molar-refractivity contribution is 5.82. The maximum Gasteiger partial charge on any atom is 0.387 e. The van der Waals surface area contributed by atoms with Crippen LogP contribution in [-0.4, -0.2) is 16.8 Å². The van der Waals surface area contributed by atoms with Gasteiger partial charge in [-0.3, -0.25) is 5.10 Å². The minimum Gasteiger partial charge on any atom is -0.454 e. The zero-order chi connectivity index (χ0) is 18.6. The highest BCUT2D eigenvalue weighted by Gasteiger charge is 2.13. The fraction of sp³-hybridized carbons (Fsp3) is 0.150. The van der Waals surface area contributed by atoms with Gasteiger partial charge in [0.25, 0.3) is 0 Å². The summed E-state index contributed by atoms with van der Waals surface area (Å²) < 4.78 is 35.4.